The summed E-state index contributed by atoms with van der Waals surface area (Å²) >= 11 is 0. The Morgan fingerprint density at radius 3 is 2.24 bits per heavy atom. The zero-order valence-electron chi connectivity index (χ0n) is 17.7. The molecule has 164 valence electrons. The number of hydrogen-bond acceptors (Lipinski definition) is 4. The molecule has 3 N–H and O–H groups in total. The second kappa shape index (κ2) is 7.60. The van der Waals surface area contributed by atoms with Crippen LogP contribution in [0.25, 0.3) is 22.0 Å². The molecule has 1 aromatic heterocycles. The number of carboxylic acid groups (broad SMARTS) is 1. The van der Waals surface area contributed by atoms with Crippen LogP contribution in [0.2, 0.25) is 0 Å². The molecule has 3 aromatic carbocycles. The molecular weight excluding hydrogens is 416 g/mol. The normalized spacial score (nSPS) is 19.0. The van der Waals surface area contributed by atoms with Gasteiger partial charge in [-0.3, -0.25) is 10.1 Å². The number of carbonyl (C=O) groups excluding carboxylic acids is 1. The molecule has 6 heteroatoms. The van der Waals surface area contributed by atoms with E-state index in [0.29, 0.717) is 12.1 Å². The summed E-state index contributed by atoms with van der Waals surface area (Å²) < 4.78 is 5.85. The number of ether oxygens (including phenoxy) is 1. The lowest BCUT2D eigenvalue weighted by atomic mass is 9.94. The molecule has 2 atom stereocenters. The number of carbonyl (C=O) groups is 2. The summed E-state index contributed by atoms with van der Waals surface area (Å²) in [7, 11) is 0. The van der Waals surface area contributed by atoms with Crippen molar-refractivity contribution >= 4 is 22.8 Å². The third kappa shape index (κ3) is 3.14. The summed E-state index contributed by atoms with van der Waals surface area (Å²) in [5.41, 5.74) is 7.02. The highest BCUT2D eigenvalue weighted by Gasteiger charge is 2.38. The topological polar surface area (TPSA) is 91.4 Å². The highest BCUT2D eigenvalue weighted by molar-refractivity contribution is 5.90. The van der Waals surface area contributed by atoms with E-state index in [9.17, 15) is 14.7 Å². The molecule has 1 aliphatic carbocycles. The fourth-order valence-corrected chi connectivity index (χ4v) is 5.27. The number of esters is 1. The van der Waals surface area contributed by atoms with Gasteiger partial charge in [0.2, 0.25) is 0 Å². The number of nitrogens with one attached hydrogen (secondary N) is 2. The lowest BCUT2D eigenvalue weighted by Gasteiger charge is -2.28. The number of carboxylic acids is 1. The summed E-state index contributed by atoms with van der Waals surface area (Å²) in [5, 5.41) is 13.6. The van der Waals surface area contributed by atoms with Crippen LogP contribution in [0.5, 0.6) is 0 Å². The van der Waals surface area contributed by atoms with Crippen LogP contribution in [0.15, 0.2) is 72.8 Å². The maximum absolute atomic E-state index is 13.3. The number of aliphatic carboxylic acids is 1. The minimum absolute atomic E-state index is 0.0533. The molecule has 0 spiro atoms. The van der Waals surface area contributed by atoms with Gasteiger partial charge in [-0.25, -0.2) is 4.79 Å². The third-order valence-corrected chi connectivity index (χ3v) is 6.80. The van der Waals surface area contributed by atoms with Crippen molar-refractivity contribution in [3.05, 3.63) is 95.2 Å². The van der Waals surface area contributed by atoms with Crippen LogP contribution in [0.4, 0.5) is 0 Å². The number of fused-ring (bicyclic) bond motifs is 6. The van der Waals surface area contributed by atoms with E-state index in [0.717, 1.165) is 38.7 Å². The number of aromatic nitrogens is 1. The second-order valence-electron chi connectivity index (χ2n) is 8.61. The van der Waals surface area contributed by atoms with Crippen LogP contribution < -0.4 is 5.32 Å². The number of aromatic amines is 1. The van der Waals surface area contributed by atoms with Gasteiger partial charge < -0.3 is 14.8 Å². The molecular formula is C27H22N2O4. The molecule has 0 radical (unpaired) electrons. The van der Waals surface area contributed by atoms with Gasteiger partial charge in [-0.2, -0.15) is 0 Å². The molecule has 2 heterocycles. The van der Waals surface area contributed by atoms with Crippen molar-refractivity contribution in [2.45, 2.75) is 24.4 Å². The van der Waals surface area contributed by atoms with E-state index in [2.05, 4.69) is 34.6 Å². The Kier molecular flexibility index (Phi) is 4.55. The monoisotopic (exact) mass is 438 g/mol. The minimum atomic E-state index is -0.984. The Morgan fingerprint density at radius 1 is 0.909 bits per heavy atom. The smallest absolute Gasteiger partial charge is 0.329 e. The number of hydrogen-bond donors (Lipinski definition) is 3. The molecule has 0 amide bonds. The van der Waals surface area contributed by atoms with Crippen molar-refractivity contribution in [1.82, 2.24) is 10.3 Å². The van der Waals surface area contributed by atoms with Crippen LogP contribution in [0.3, 0.4) is 0 Å². The summed E-state index contributed by atoms with van der Waals surface area (Å²) in [6.07, 6.45) is 0.307. The fraction of sp³-hybridized carbons (Fsp3) is 0.185. The molecule has 0 bridgehead atoms. The van der Waals surface area contributed by atoms with Gasteiger partial charge in [0, 0.05) is 28.9 Å². The molecule has 0 saturated carbocycles. The Balaban J connectivity index is 1.31. The van der Waals surface area contributed by atoms with Crippen molar-refractivity contribution in [3.8, 4) is 11.1 Å². The number of benzene rings is 3. The fourth-order valence-electron chi connectivity index (χ4n) is 5.27. The molecule has 2 aliphatic rings. The molecule has 1 aliphatic heterocycles. The SMILES string of the molecule is O=C(O)[C@H]1Cc2c([nH]c3ccccc23)[C@H](C(=O)OCC2c3ccccc3-c3ccccc32)N1. The van der Waals surface area contributed by atoms with Crippen LogP contribution in [0, 0.1) is 0 Å². The maximum atomic E-state index is 13.3. The van der Waals surface area contributed by atoms with E-state index in [4.69, 9.17) is 4.74 Å². The molecule has 33 heavy (non-hydrogen) atoms. The van der Waals surface area contributed by atoms with Crippen molar-refractivity contribution in [3.63, 3.8) is 0 Å². The van der Waals surface area contributed by atoms with E-state index < -0.39 is 24.0 Å². The summed E-state index contributed by atoms with van der Waals surface area (Å²) in [4.78, 5) is 28.4. The highest BCUT2D eigenvalue weighted by Crippen LogP contribution is 2.44. The first-order valence-corrected chi connectivity index (χ1v) is 11.0. The average Bonchev–Trinajstić information content (AvgIpc) is 3.38. The zero-order chi connectivity index (χ0) is 22.5. The zero-order valence-corrected chi connectivity index (χ0v) is 17.7. The molecule has 4 aromatic rings. The number of para-hydroxylation sites is 1. The first-order chi connectivity index (χ1) is 16.1. The van der Waals surface area contributed by atoms with Crippen LogP contribution in [-0.4, -0.2) is 34.7 Å². The van der Waals surface area contributed by atoms with Gasteiger partial charge in [-0.15, -0.1) is 0 Å². The van der Waals surface area contributed by atoms with E-state index in [1.165, 1.54) is 0 Å². The van der Waals surface area contributed by atoms with Crippen LogP contribution in [0.1, 0.15) is 34.3 Å². The largest absolute Gasteiger partial charge is 0.480 e. The summed E-state index contributed by atoms with van der Waals surface area (Å²) in [6.45, 7) is 0.193. The second-order valence-corrected chi connectivity index (χ2v) is 8.61. The highest BCUT2D eigenvalue weighted by atomic mass is 16.5. The molecule has 0 fully saturated rings. The van der Waals surface area contributed by atoms with E-state index >= 15 is 0 Å². The van der Waals surface area contributed by atoms with Crippen LogP contribution in [-0.2, 0) is 20.7 Å². The molecule has 6 rings (SSSR count). The third-order valence-electron chi connectivity index (χ3n) is 6.80. The van der Waals surface area contributed by atoms with Gasteiger partial charge in [0.25, 0.3) is 0 Å². The maximum Gasteiger partial charge on any atom is 0.329 e. The van der Waals surface area contributed by atoms with Crippen molar-refractivity contribution in [2.75, 3.05) is 6.61 Å². The Labute approximate surface area is 190 Å². The minimum Gasteiger partial charge on any atom is -0.480 e. The van der Waals surface area contributed by atoms with E-state index in [-0.39, 0.29) is 12.5 Å². The number of rotatable bonds is 4. The average molecular weight is 438 g/mol. The standard InChI is InChI=1S/C27H22N2O4/c30-26(31)23-13-20-19-11-5-6-12-22(19)28-24(20)25(29-23)27(32)33-14-21-17-9-3-1-7-15(17)16-8-2-4-10-18(16)21/h1-12,21,23,25,28-29H,13-14H2,(H,30,31)/t23-,25-/m1/s1. The van der Waals surface area contributed by atoms with E-state index in [1.807, 2.05) is 48.5 Å². The van der Waals surface area contributed by atoms with E-state index in [1.54, 1.807) is 0 Å². The predicted octanol–water partition coefficient (Wildman–Crippen LogP) is 4.16. The first kappa shape index (κ1) is 19.8. The quantitative estimate of drug-likeness (QED) is 0.416. The van der Waals surface area contributed by atoms with Crippen LogP contribution >= 0.6 is 0 Å². The Bertz CT molecular complexity index is 1360. The van der Waals surface area contributed by atoms with Crippen molar-refractivity contribution in [2.24, 2.45) is 0 Å². The molecule has 0 saturated heterocycles. The van der Waals surface area contributed by atoms with Gasteiger partial charge in [0.05, 0.1) is 0 Å². The number of H-pyrrole nitrogens is 1. The lowest BCUT2D eigenvalue weighted by Crippen LogP contribution is -2.47. The van der Waals surface area contributed by atoms with Gasteiger partial charge in [-0.1, -0.05) is 66.7 Å². The first-order valence-electron chi connectivity index (χ1n) is 11.0. The van der Waals surface area contributed by atoms with Gasteiger partial charge in [0.15, 0.2) is 0 Å². The van der Waals surface area contributed by atoms with Crippen molar-refractivity contribution in [1.29, 1.82) is 0 Å². The van der Waals surface area contributed by atoms with Gasteiger partial charge >= 0.3 is 11.9 Å². The molecule has 0 unspecified atom stereocenters. The van der Waals surface area contributed by atoms with Gasteiger partial charge in [0.1, 0.15) is 18.7 Å². The van der Waals surface area contributed by atoms with Gasteiger partial charge in [-0.05, 0) is 33.9 Å². The lowest BCUT2D eigenvalue weighted by molar-refractivity contribution is -0.148. The molecule has 6 nitrogen and oxygen atoms in total. The summed E-state index contributed by atoms with van der Waals surface area (Å²) in [6, 6.07) is 22.3. The predicted molar refractivity (Wildman–Crippen MR) is 124 cm³/mol. The summed E-state index contributed by atoms with van der Waals surface area (Å²) in [5.74, 6) is -1.51. The Morgan fingerprint density at radius 2 is 1.55 bits per heavy atom. The Hall–Kier alpha value is -3.90. The van der Waals surface area contributed by atoms with Crippen molar-refractivity contribution < 1.29 is 19.4 Å².